The Morgan fingerprint density at radius 2 is 1.58 bits per heavy atom. The zero-order chi connectivity index (χ0) is 18.4. The second-order valence-corrected chi connectivity index (χ2v) is 6.35. The first-order valence-electron chi connectivity index (χ1n) is 8.98. The van der Waals surface area contributed by atoms with E-state index < -0.39 is 0 Å². The Bertz CT molecular complexity index is 708. The molecule has 1 fully saturated rings. The molecular formula is C21H25NO4. The Balaban J connectivity index is 1.54. The van der Waals surface area contributed by atoms with Gasteiger partial charge in [0.2, 0.25) is 0 Å². The molecule has 5 heteroatoms. The van der Waals surface area contributed by atoms with Crippen molar-refractivity contribution in [3.05, 3.63) is 54.1 Å². The number of amides is 1. The highest BCUT2D eigenvalue weighted by atomic mass is 16.5. The smallest absolute Gasteiger partial charge is 0.258 e. The van der Waals surface area contributed by atoms with Crippen molar-refractivity contribution >= 4 is 5.91 Å². The van der Waals surface area contributed by atoms with Gasteiger partial charge >= 0.3 is 0 Å². The van der Waals surface area contributed by atoms with Crippen molar-refractivity contribution in [3.63, 3.8) is 0 Å². The summed E-state index contributed by atoms with van der Waals surface area (Å²) < 4.78 is 16.2. The van der Waals surface area contributed by atoms with Crippen LogP contribution in [0, 0.1) is 5.92 Å². The first-order valence-corrected chi connectivity index (χ1v) is 8.98. The van der Waals surface area contributed by atoms with Crippen LogP contribution in [0.5, 0.6) is 17.2 Å². The van der Waals surface area contributed by atoms with Crippen LogP contribution in [0.2, 0.25) is 0 Å². The summed E-state index contributed by atoms with van der Waals surface area (Å²) in [6, 6.07) is 15.2. The minimum atomic E-state index is -0.119. The molecule has 3 rings (SSSR count). The van der Waals surface area contributed by atoms with Crippen molar-refractivity contribution in [2.75, 3.05) is 20.3 Å². The van der Waals surface area contributed by atoms with E-state index in [1.807, 2.05) is 43.3 Å². The molecule has 1 aliphatic carbocycles. The highest BCUT2D eigenvalue weighted by Crippen LogP contribution is 2.41. The summed E-state index contributed by atoms with van der Waals surface area (Å²) in [6.07, 6.45) is 2.27. The largest absolute Gasteiger partial charge is 0.497 e. The molecule has 2 aromatic rings. The van der Waals surface area contributed by atoms with Gasteiger partial charge in [-0.25, -0.2) is 0 Å². The molecule has 0 spiro atoms. The van der Waals surface area contributed by atoms with Gasteiger partial charge in [-0.15, -0.1) is 0 Å². The van der Waals surface area contributed by atoms with E-state index in [0.29, 0.717) is 18.3 Å². The van der Waals surface area contributed by atoms with Gasteiger partial charge < -0.3 is 19.5 Å². The number of carbonyl (C=O) groups excluding carboxylic acids is 1. The van der Waals surface area contributed by atoms with E-state index in [9.17, 15) is 4.79 Å². The van der Waals surface area contributed by atoms with Gasteiger partial charge in [0, 0.05) is 0 Å². The van der Waals surface area contributed by atoms with Crippen LogP contribution in [0.1, 0.15) is 31.4 Å². The molecule has 1 atom stereocenters. The van der Waals surface area contributed by atoms with Gasteiger partial charge in [-0.05, 0) is 67.6 Å². The number of hydrogen-bond acceptors (Lipinski definition) is 4. The number of rotatable bonds is 9. The van der Waals surface area contributed by atoms with E-state index in [2.05, 4.69) is 5.32 Å². The Morgan fingerprint density at radius 3 is 2.12 bits per heavy atom. The molecule has 138 valence electrons. The van der Waals surface area contributed by atoms with E-state index in [1.165, 1.54) is 0 Å². The lowest BCUT2D eigenvalue weighted by molar-refractivity contribution is -0.124. The third-order valence-electron chi connectivity index (χ3n) is 4.39. The molecule has 2 aromatic carbocycles. The van der Waals surface area contributed by atoms with Crippen LogP contribution in [-0.2, 0) is 4.79 Å². The number of carbonyl (C=O) groups is 1. The molecule has 26 heavy (non-hydrogen) atoms. The SMILES string of the molecule is CCOc1ccc(OCC(=O)NC(c2ccc(OC)cc2)C2CC2)cc1. The lowest BCUT2D eigenvalue weighted by Crippen LogP contribution is -2.33. The van der Waals surface area contributed by atoms with Gasteiger partial charge in [0.05, 0.1) is 19.8 Å². The molecule has 1 amide bonds. The Labute approximate surface area is 154 Å². The first-order chi connectivity index (χ1) is 12.7. The van der Waals surface area contributed by atoms with Crippen molar-refractivity contribution in [3.8, 4) is 17.2 Å². The van der Waals surface area contributed by atoms with Crippen LogP contribution < -0.4 is 19.5 Å². The Kier molecular flexibility index (Phi) is 6.00. The Morgan fingerprint density at radius 1 is 1.00 bits per heavy atom. The summed E-state index contributed by atoms with van der Waals surface area (Å²) in [7, 11) is 1.65. The van der Waals surface area contributed by atoms with Gasteiger partial charge in [-0.2, -0.15) is 0 Å². The molecule has 0 aliphatic heterocycles. The van der Waals surface area contributed by atoms with Gasteiger partial charge in [0.15, 0.2) is 6.61 Å². The average Bonchev–Trinajstić information content (AvgIpc) is 3.51. The van der Waals surface area contributed by atoms with Crippen molar-refractivity contribution in [2.45, 2.75) is 25.8 Å². The zero-order valence-electron chi connectivity index (χ0n) is 15.2. The van der Waals surface area contributed by atoms with E-state index in [-0.39, 0.29) is 18.6 Å². The number of benzene rings is 2. The standard InChI is InChI=1S/C21H25NO4/c1-3-25-18-10-12-19(13-11-18)26-14-20(23)22-21(15-4-5-15)16-6-8-17(24-2)9-7-16/h6-13,15,21H,3-5,14H2,1-2H3,(H,22,23). The Hall–Kier alpha value is -2.69. The van der Waals surface area contributed by atoms with Crippen molar-refractivity contribution < 1.29 is 19.0 Å². The van der Waals surface area contributed by atoms with Gasteiger partial charge in [0.1, 0.15) is 17.2 Å². The number of ether oxygens (including phenoxy) is 3. The van der Waals surface area contributed by atoms with Crippen LogP contribution in [0.3, 0.4) is 0 Å². The molecule has 0 heterocycles. The van der Waals surface area contributed by atoms with E-state index in [4.69, 9.17) is 14.2 Å². The summed E-state index contributed by atoms with van der Waals surface area (Å²) in [5.74, 6) is 2.63. The molecule has 1 aliphatic rings. The number of nitrogens with one attached hydrogen (secondary N) is 1. The van der Waals surface area contributed by atoms with Crippen LogP contribution in [0.25, 0.3) is 0 Å². The molecule has 0 radical (unpaired) electrons. The minimum Gasteiger partial charge on any atom is -0.497 e. The number of methoxy groups -OCH3 is 1. The fourth-order valence-electron chi connectivity index (χ4n) is 2.88. The molecule has 0 aromatic heterocycles. The van der Waals surface area contributed by atoms with Crippen molar-refractivity contribution in [1.82, 2.24) is 5.32 Å². The van der Waals surface area contributed by atoms with Crippen LogP contribution in [-0.4, -0.2) is 26.2 Å². The molecular weight excluding hydrogens is 330 g/mol. The third-order valence-corrected chi connectivity index (χ3v) is 4.39. The lowest BCUT2D eigenvalue weighted by Gasteiger charge is -2.19. The molecule has 1 unspecified atom stereocenters. The van der Waals surface area contributed by atoms with E-state index in [0.717, 1.165) is 29.9 Å². The first kappa shape index (κ1) is 18.1. The maximum atomic E-state index is 12.3. The second kappa shape index (κ2) is 8.61. The van der Waals surface area contributed by atoms with Gasteiger partial charge in [0.25, 0.3) is 5.91 Å². The number of hydrogen-bond donors (Lipinski definition) is 1. The summed E-state index contributed by atoms with van der Waals surface area (Å²) in [5, 5.41) is 3.11. The van der Waals surface area contributed by atoms with E-state index >= 15 is 0 Å². The average molecular weight is 355 g/mol. The fraction of sp³-hybridized carbons (Fsp3) is 0.381. The van der Waals surface area contributed by atoms with Crippen LogP contribution >= 0.6 is 0 Å². The predicted molar refractivity (Wildman–Crippen MR) is 99.7 cm³/mol. The fourth-order valence-corrected chi connectivity index (χ4v) is 2.88. The minimum absolute atomic E-state index is 0.00659. The van der Waals surface area contributed by atoms with Gasteiger partial charge in [-0.1, -0.05) is 12.1 Å². The van der Waals surface area contributed by atoms with Crippen molar-refractivity contribution in [1.29, 1.82) is 0 Å². The maximum absolute atomic E-state index is 12.3. The topological polar surface area (TPSA) is 56.8 Å². The summed E-state index contributed by atoms with van der Waals surface area (Å²) >= 11 is 0. The zero-order valence-corrected chi connectivity index (χ0v) is 15.2. The van der Waals surface area contributed by atoms with Crippen LogP contribution in [0.4, 0.5) is 0 Å². The van der Waals surface area contributed by atoms with Crippen LogP contribution in [0.15, 0.2) is 48.5 Å². The normalized spacial score (nSPS) is 14.4. The maximum Gasteiger partial charge on any atom is 0.258 e. The second-order valence-electron chi connectivity index (χ2n) is 6.35. The third kappa shape index (κ3) is 4.91. The summed E-state index contributed by atoms with van der Waals surface area (Å²) in [4.78, 5) is 12.3. The predicted octanol–water partition coefficient (Wildman–Crippen LogP) is 3.74. The summed E-state index contributed by atoms with van der Waals surface area (Å²) in [5.41, 5.74) is 1.10. The highest BCUT2D eigenvalue weighted by Gasteiger charge is 2.33. The monoisotopic (exact) mass is 355 g/mol. The molecule has 1 N–H and O–H groups in total. The highest BCUT2D eigenvalue weighted by molar-refractivity contribution is 5.78. The molecule has 5 nitrogen and oxygen atoms in total. The quantitative estimate of drug-likeness (QED) is 0.744. The molecule has 0 bridgehead atoms. The van der Waals surface area contributed by atoms with E-state index in [1.54, 1.807) is 19.2 Å². The summed E-state index contributed by atoms with van der Waals surface area (Å²) in [6.45, 7) is 2.55. The lowest BCUT2D eigenvalue weighted by atomic mass is 10.0. The molecule has 1 saturated carbocycles. The van der Waals surface area contributed by atoms with Gasteiger partial charge in [-0.3, -0.25) is 4.79 Å². The molecule has 0 saturated heterocycles. The van der Waals surface area contributed by atoms with Crippen molar-refractivity contribution in [2.24, 2.45) is 5.92 Å².